The molecule has 5 rings (SSSR count). The van der Waals surface area contributed by atoms with E-state index in [1.54, 1.807) is 18.6 Å². The number of benzene rings is 1. The second-order valence-electron chi connectivity index (χ2n) is 10.5. The number of carbonyl (C=O) groups is 3. The molecule has 2 amide bonds. The highest BCUT2D eigenvalue weighted by Gasteiger charge is 2.26. The van der Waals surface area contributed by atoms with Crippen LogP contribution >= 0.6 is 0 Å². The summed E-state index contributed by atoms with van der Waals surface area (Å²) in [5.74, 6) is 0.612. The lowest BCUT2D eigenvalue weighted by atomic mass is 9.97. The highest BCUT2D eigenvalue weighted by molar-refractivity contribution is 5.98. The number of nitrogens with one attached hydrogen (secondary N) is 3. The van der Waals surface area contributed by atoms with E-state index < -0.39 is 0 Å². The number of pyridine rings is 2. The van der Waals surface area contributed by atoms with Crippen LogP contribution in [0.2, 0.25) is 0 Å². The fourth-order valence-electron chi connectivity index (χ4n) is 5.57. The van der Waals surface area contributed by atoms with Gasteiger partial charge < -0.3 is 25.3 Å². The molecule has 0 spiro atoms. The molecule has 1 aromatic carbocycles. The first-order valence-corrected chi connectivity index (χ1v) is 14.5. The van der Waals surface area contributed by atoms with Crippen LogP contribution in [-0.4, -0.2) is 40.2 Å². The highest BCUT2D eigenvalue weighted by Crippen LogP contribution is 2.42. The smallest absolute Gasteiger partial charge is 0.244 e. The third-order valence-electron chi connectivity index (χ3n) is 7.66. The summed E-state index contributed by atoms with van der Waals surface area (Å²) in [6.07, 6.45) is 12.4. The van der Waals surface area contributed by atoms with Gasteiger partial charge in [-0.25, -0.2) is 4.98 Å². The Morgan fingerprint density at radius 2 is 1.86 bits per heavy atom. The predicted molar refractivity (Wildman–Crippen MR) is 175 cm³/mol. The van der Waals surface area contributed by atoms with E-state index in [1.165, 1.54) is 0 Å². The molecule has 1 aliphatic carbocycles. The first-order chi connectivity index (χ1) is 21.4. The van der Waals surface area contributed by atoms with Crippen LogP contribution in [0.25, 0.3) is 10.9 Å². The van der Waals surface area contributed by atoms with Crippen molar-refractivity contribution in [2.24, 2.45) is 0 Å². The first-order valence-electron chi connectivity index (χ1n) is 14.5. The van der Waals surface area contributed by atoms with Crippen LogP contribution in [-0.2, 0) is 27.3 Å². The summed E-state index contributed by atoms with van der Waals surface area (Å²) < 4.78 is 1.96. The normalized spacial score (nSPS) is 15.4. The molecule has 4 aromatic rings. The monoisotopic (exact) mass is 590 g/mol. The number of rotatable bonds is 10. The Balaban J connectivity index is 0.000000657. The Labute approximate surface area is 257 Å². The van der Waals surface area contributed by atoms with Gasteiger partial charge in [-0.2, -0.15) is 0 Å². The van der Waals surface area contributed by atoms with Crippen LogP contribution in [0.3, 0.4) is 0 Å². The SMILES string of the molecule is C=C1CC(c2cccnc2NC=O)C/C1=C/C=C(\C)NC(=O)Cn1c(C)c(CC=O)c2c(NC)cccc21.c1ccncc1. The zero-order valence-corrected chi connectivity index (χ0v) is 25.3. The minimum atomic E-state index is -0.146. The van der Waals surface area contributed by atoms with E-state index in [1.807, 2.05) is 86.1 Å². The Morgan fingerprint density at radius 3 is 2.52 bits per heavy atom. The summed E-state index contributed by atoms with van der Waals surface area (Å²) in [5.41, 5.74) is 7.53. The van der Waals surface area contributed by atoms with Crippen molar-refractivity contribution in [2.75, 3.05) is 17.7 Å². The maximum atomic E-state index is 13.0. The predicted octanol–water partition coefficient (Wildman–Crippen LogP) is 5.86. The van der Waals surface area contributed by atoms with Crippen molar-refractivity contribution in [2.45, 2.75) is 45.6 Å². The number of allylic oxidation sites excluding steroid dienone is 5. The Hall–Kier alpha value is -5.31. The lowest BCUT2D eigenvalue weighted by Gasteiger charge is -2.12. The van der Waals surface area contributed by atoms with Gasteiger partial charge in [0, 0.05) is 54.5 Å². The molecule has 226 valence electrons. The number of hydrogen-bond acceptors (Lipinski definition) is 6. The summed E-state index contributed by atoms with van der Waals surface area (Å²) in [6, 6.07) is 15.4. The molecule has 3 heterocycles. The third kappa shape index (κ3) is 7.55. The molecule has 1 aliphatic rings. The zero-order valence-electron chi connectivity index (χ0n) is 25.3. The molecule has 3 N–H and O–H groups in total. The second kappa shape index (κ2) is 15.2. The van der Waals surface area contributed by atoms with Gasteiger partial charge in [0.1, 0.15) is 18.6 Å². The molecule has 0 bridgehead atoms. The summed E-state index contributed by atoms with van der Waals surface area (Å²) in [7, 11) is 1.85. The van der Waals surface area contributed by atoms with Crippen molar-refractivity contribution in [3.63, 3.8) is 0 Å². The molecule has 9 heteroatoms. The van der Waals surface area contributed by atoms with E-state index in [0.29, 0.717) is 18.6 Å². The van der Waals surface area contributed by atoms with Gasteiger partial charge in [0.2, 0.25) is 12.3 Å². The zero-order chi connectivity index (χ0) is 31.5. The minimum absolute atomic E-state index is 0.137. The van der Waals surface area contributed by atoms with E-state index in [9.17, 15) is 14.4 Å². The topological polar surface area (TPSA) is 118 Å². The first kappa shape index (κ1) is 31.6. The quantitative estimate of drug-likeness (QED) is 0.199. The number of amides is 2. The number of carbonyl (C=O) groups excluding carboxylic acids is 3. The molecular formula is C35H38N6O3. The molecule has 9 nitrogen and oxygen atoms in total. The van der Waals surface area contributed by atoms with Gasteiger partial charge in [-0.1, -0.05) is 36.4 Å². The number of anilines is 2. The van der Waals surface area contributed by atoms with Gasteiger partial charge in [0.05, 0.1) is 5.52 Å². The second-order valence-corrected chi connectivity index (χ2v) is 10.5. The molecule has 0 aliphatic heterocycles. The van der Waals surface area contributed by atoms with Gasteiger partial charge in [-0.15, -0.1) is 0 Å². The minimum Gasteiger partial charge on any atom is -0.388 e. The maximum absolute atomic E-state index is 13.0. The highest BCUT2D eigenvalue weighted by atomic mass is 16.2. The van der Waals surface area contributed by atoms with Gasteiger partial charge >= 0.3 is 0 Å². The lowest BCUT2D eigenvalue weighted by molar-refractivity contribution is -0.121. The van der Waals surface area contributed by atoms with E-state index >= 15 is 0 Å². The van der Waals surface area contributed by atoms with Crippen LogP contribution in [0.15, 0.2) is 103 Å². The maximum Gasteiger partial charge on any atom is 0.244 e. The summed E-state index contributed by atoms with van der Waals surface area (Å²) in [4.78, 5) is 43.4. The van der Waals surface area contributed by atoms with Gasteiger partial charge in [0.25, 0.3) is 0 Å². The van der Waals surface area contributed by atoms with Gasteiger partial charge in [0.15, 0.2) is 0 Å². The van der Waals surface area contributed by atoms with E-state index in [0.717, 1.165) is 69.4 Å². The number of aromatic nitrogens is 3. The fourth-order valence-corrected chi connectivity index (χ4v) is 5.57. The average molecular weight is 591 g/mol. The molecule has 1 fully saturated rings. The van der Waals surface area contributed by atoms with E-state index in [2.05, 4.69) is 32.5 Å². The molecule has 0 radical (unpaired) electrons. The number of nitrogens with zero attached hydrogens (tertiary/aromatic N) is 3. The molecule has 44 heavy (non-hydrogen) atoms. The van der Waals surface area contributed by atoms with Crippen molar-refractivity contribution >= 4 is 41.0 Å². The van der Waals surface area contributed by atoms with Crippen molar-refractivity contribution in [1.82, 2.24) is 19.9 Å². The van der Waals surface area contributed by atoms with Crippen molar-refractivity contribution in [3.8, 4) is 0 Å². The molecule has 1 unspecified atom stereocenters. The molecule has 1 saturated carbocycles. The fraction of sp³-hybridized carbons (Fsp3) is 0.229. The molecule has 3 aromatic heterocycles. The summed E-state index contributed by atoms with van der Waals surface area (Å²) in [6.45, 7) is 8.16. The van der Waals surface area contributed by atoms with Crippen molar-refractivity contribution < 1.29 is 14.4 Å². The average Bonchev–Trinajstić information content (AvgIpc) is 3.54. The van der Waals surface area contributed by atoms with Crippen LogP contribution in [0, 0.1) is 6.92 Å². The van der Waals surface area contributed by atoms with Crippen LogP contribution in [0.4, 0.5) is 11.5 Å². The third-order valence-corrected chi connectivity index (χ3v) is 7.66. The number of hydrogen-bond donors (Lipinski definition) is 3. The number of fused-ring (bicyclic) bond motifs is 1. The van der Waals surface area contributed by atoms with Crippen LogP contribution in [0.5, 0.6) is 0 Å². The Kier molecular flexibility index (Phi) is 11.0. The Bertz CT molecular complexity index is 1680. The number of aldehydes is 1. The lowest BCUT2D eigenvalue weighted by Crippen LogP contribution is -2.26. The van der Waals surface area contributed by atoms with E-state index in [-0.39, 0.29) is 18.4 Å². The van der Waals surface area contributed by atoms with Crippen molar-refractivity contribution in [1.29, 1.82) is 0 Å². The summed E-state index contributed by atoms with van der Waals surface area (Å²) in [5, 5.41) is 9.82. The van der Waals surface area contributed by atoms with Gasteiger partial charge in [-0.05, 0) is 85.7 Å². The Morgan fingerprint density at radius 1 is 1.07 bits per heavy atom. The van der Waals surface area contributed by atoms with Gasteiger partial charge in [-0.3, -0.25) is 14.6 Å². The van der Waals surface area contributed by atoms with Crippen LogP contribution < -0.4 is 16.0 Å². The van der Waals surface area contributed by atoms with E-state index in [4.69, 9.17) is 0 Å². The van der Waals surface area contributed by atoms with Crippen molar-refractivity contribution in [3.05, 3.63) is 120 Å². The van der Waals surface area contributed by atoms with Crippen LogP contribution in [0.1, 0.15) is 42.5 Å². The summed E-state index contributed by atoms with van der Waals surface area (Å²) >= 11 is 0. The molecule has 1 atom stereocenters. The molecule has 0 saturated heterocycles. The largest absolute Gasteiger partial charge is 0.388 e. The molecular weight excluding hydrogens is 552 g/mol. The standard InChI is InChI=1S/C30H33N5O3.C5H5N/c1-19-15-23(25-7-6-13-32-30(25)33-18-37)16-22(19)11-10-20(2)34-28(38)17-35-21(3)24(12-14-36)29-26(31-4)8-5-9-27(29)35;1-2-4-6-5-3-1/h5-11,13-14,18,23,31H,1,12,15-17H2,2-4H3,(H,34,38)(H,32,33,37);1-5H/b20-10+,22-11-;.